The molecule has 0 aliphatic heterocycles. The van der Waals surface area contributed by atoms with E-state index in [2.05, 4.69) is 0 Å². The van der Waals surface area contributed by atoms with Crippen molar-refractivity contribution in [2.75, 3.05) is 0 Å². The highest BCUT2D eigenvalue weighted by Crippen LogP contribution is 2.57. The predicted octanol–water partition coefficient (Wildman–Crippen LogP) is 7.65. The minimum absolute atomic E-state index is 0.806. The third kappa shape index (κ3) is 7.31. The van der Waals surface area contributed by atoms with Gasteiger partial charge in [-0.05, 0) is 0 Å². The van der Waals surface area contributed by atoms with Gasteiger partial charge in [-0.15, -0.1) is 0 Å². The Morgan fingerprint density at radius 1 is 0.282 bits per heavy atom. The minimum Gasteiger partial charge on any atom is -0.248 e. The van der Waals surface area contributed by atoms with Crippen molar-refractivity contribution in [3.63, 3.8) is 0 Å². The maximum atomic E-state index is 13.2. The lowest BCUT2D eigenvalue weighted by molar-refractivity contribution is -0.582. The van der Waals surface area contributed by atoms with Gasteiger partial charge in [-0.3, -0.25) is 0 Å². The molecule has 0 amide bonds. The van der Waals surface area contributed by atoms with Crippen LogP contribution < -0.4 is 0 Å². The van der Waals surface area contributed by atoms with E-state index in [4.69, 9.17) is 0 Å². The maximum Gasteiger partial charge on any atom is 0.460 e. The molecule has 0 unspecified atom stereocenters. The van der Waals surface area contributed by atoms with Crippen molar-refractivity contribution in [2.45, 2.75) is 73.8 Å². The molecule has 0 rings (SSSR count). The first-order valence-electron chi connectivity index (χ1n) is 7.98. The van der Waals surface area contributed by atoms with Gasteiger partial charge in [-0.2, -0.15) is 101 Å². The fourth-order valence-electron chi connectivity index (χ4n) is 1.49. The lowest BCUT2D eigenvalue weighted by atomic mass is 10.1. The first-order chi connectivity index (χ1) is 16.3. The van der Waals surface area contributed by atoms with E-state index in [9.17, 15) is 101 Å². The zero-order chi connectivity index (χ0) is 32.3. The number of rotatable bonds is 13. The molecule has 0 aromatic carbocycles. The second kappa shape index (κ2) is 9.66. The molecule has 0 N–H and O–H groups in total. The fraction of sp³-hybridized carbons (Fsp3) is 1.00. The van der Waals surface area contributed by atoms with Crippen LogP contribution in [0.1, 0.15) is 6.92 Å². The van der Waals surface area contributed by atoms with E-state index in [1.807, 2.05) is 4.74 Å². The maximum absolute atomic E-state index is 13.2. The summed E-state index contributed by atoms with van der Waals surface area (Å²) in [6.07, 6.45) is -68.0. The van der Waals surface area contributed by atoms with Gasteiger partial charge in [-0.25, -0.2) is 18.9 Å². The molecule has 0 spiro atoms. The van der Waals surface area contributed by atoms with Crippen LogP contribution in [0.15, 0.2) is 0 Å². The predicted molar refractivity (Wildman–Crippen MR) is 65.5 cm³/mol. The lowest BCUT2D eigenvalue weighted by Crippen LogP contribution is -2.65. The van der Waals surface area contributed by atoms with Crippen LogP contribution in [-0.2, 0) is 18.9 Å². The highest BCUT2D eigenvalue weighted by atomic mass is 19.4. The molecule has 27 heteroatoms. The Balaban J connectivity index is 6.21. The third-order valence-corrected chi connectivity index (χ3v) is 3.21. The van der Waals surface area contributed by atoms with E-state index >= 15 is 0 Å². The largest absolute Gasteiger partial charge is 0.460 e. The molecule has 0 fully saturated rings. The smallest absolute Gasteiger partial charge is 0.248 e. The van der Waals surface area contributed by atoms with Gasteiger partial charge in [0.25, 0.3) is 0 Å². The molecule has 236 valence electrons. The van der Waals surface area contributed by atoms with E-state index in [1.165, 1.54) is 4.74 Å². The van der Waals surface area contributed by atoms with Gasteiger partial charge in [-0.1, -0.05) is 0 Å². The van der Waals surface area contributed by atoms with Crippen LogP contribution in [0, 0.1) is 0 Å². The molecule has 0 heterocycles. The SMILES string of the molecule is CC(F)(F)OC(F)(F)C(F)(F)OC(F)(F)C(F)(F)OC(F)(F)C(F)(F)OC(F)(F)C(F)(F)C(F)(F)C(F)(F)F. The molecule has 0 aliphatic carbocycles. The lowest BCUT2D eigenvalue weighted by Gasteiger charge is -2.37. The van der Waals surface area contributed by atoms with Crippen LogP contribution >= 0.6 is 0 Å². The van der Waals surface area contributed by atoms with E-state index in [1.54, 1.807) is 0 Å². The van der Waals surface area contributed by atoms with Crippen molar-refractivity contribution >= 4 is 0 Å². The normalized spacial score (nSPS) is 16.6. The van der Waals surface area contributed by atoms with E-state index < -0.39 is 73.8 Å². The van der Waals surface area contributed by atoms with Crippen molar-refractivity contribution in [3.8, 4) is 0 Å². The summed E-state index contributed by atoms with van der Waals surface area (Å²) in [5.41, 5.74) is 0. The second-order valence-electron chi connectivity index (χ2n) is 6.48. The number of hydrogen-bond donors (Lipinski definition) is 0. The summed E-state index contributed by atoms with van der Waals surface area (Å²) in [6.45, 7) is -0.806. The van der Waals surface area contributed by atoms with Crippen LogP contribution in [0.5, 0.6) is 0 Å². The Morgan fingerprint density at radius 2 is 0.487 bits per heavy atom. The number of hydrogen-bond acceptors (Lipinski definition) is 4. The topological polar surface area (TPSA) is 36.9 Å². The Morgan fingerprint density at radius 3 is 0.692 bits per heavy atom. The monoisotopic (exact) mass is 648 g/mol. The highest BCUT2D eigenvalue weighted by molar-refractivity contribution is 4.97. The quantitative estimate of drug-likeness (QED) is 0.193. The molecule has 0 bridgehead atoms. The van der Waals surface area contributed by atoms with Gasteiger partial charge < -0.3 is 0 Å². The van der Waals surface area contributed by atoms with Gasteiger partial charge in [0.15, 0.2) is 0 Å². The van der Waals surface area contributed by atoms with Crippen LogP contribution in [0.4, 0.5) is 101 Å². The molecule has 39 heavy (non-hydrogen) atoms. The van der Waals surface area contributed by atoms with Gasteiger partial charge >= 0.3 is 66.9 Å². The summed E-state index contributed by atoms with van der Waals surface area (Å²) in [5, 5.41) is 0. The van der Waals surface area contributed by atoms with E-state index in [0.717, 1.165) is 9.47 Å². The molecular formula is C12H3F23O4. The average Bonchev–Trinajstić information content (AvgIpc) is 2.54. The fourth-order valence-corrected chi connectivity index (χ4v) is 1.49. The minimum atomic E-state index is -8.32. The third-order valence-electron chi connectivity index (χ3n) is 3.21. The zero-order valence-electron chi connectivity index (χ0n) is 16.8. The molecule has 0 atom stereocenters. The molecule has 0 aliphatic rings. The molecule has 0 saturated heterocycles. The van der Waals surface area contributed by atoms with Crippen molar-refractivity contribution in [1.82, 2.24) is 0 Å². The van der Waals surface area contributed by atoms with Crippen molar-refractivity contribution in [1.29, 1.82) is 0 Å². The van der Waals surface area contributed by atoms with Crippen molar-refractivity contribution in [2.24, 2.45) is 0 Å². The van der Waals surface area contributed by atoms with E-state index in [0.29, 0.717) is 0 Å². The standard InChI is InChI=1S/C12H3F23O4/c1-2(13,14)36-7(24,25)8(26,27)38-11(32,33)12(34,35)39-10(30,31)9(28,29)37-6(22,23)4(17,18)3(15,16)5(19,20)21/h1H3. The average molecular weight is 648 g/mol. The number of alkyl halides is 23. The first kappa shape index (κ1) is 37.2. The second-order valence-corrected chi connectivity index (χ2v) is 6.48. The van der Waals surface area contributed by atoms with Gasteiger partial charge in [0.1, 0.15) is 0 Å². The van der Waals surface area contributed by atoms with Crippen molar-refractivity contribution in [3.05, 3.63) is 0 Å². The van der Waals surface area contributed by atoms with Crippen LogP contribution in [0.3, 0.4) is 0 Å². The van der Waals surface area contributed by atoms with Crippen LogP contribution in [0.25, 0.3) is 0 Å². The number of ether oxygens (including phenoxy) is 4. The number of halogens is 23. The highest BCUT2D eigenvalue weighted by Gasteiger charge is 2.85. The van der Waals surface area contributed by atoms with Crippen molar-refractivity contribution < 1.29 is 120 Å². The molecule has 0 aromatic rings. The summed E-state index contributed by atoms with van der Waals surface area (Å²) >= 11 is 0. The van der Waals surface area contributed by atoms with Gasteiger partial charge in [0, 0.05) is 6.92 Å². The molecule has 0 radical (unpaired) electrons. The summed E-state index contributed by atoms with van der Waals surface area (Å²) < 4.78 is 299. The Labute approximate surface area is 195 Å². The summed E-state index contributed by atoms with van der Waals surface area (Å²) in [5.74, 6) is -16.4. The zero-order valence-corrected chi connectivity index (χ0v) is 16.8. The van der Waals surface area contributed by atoms with E-state index in [-0.39, 0.29) is 0 Å². The molecular weight excluding hydrogens is 645 g/mol. The van der Waals surface area contributed by atoms with Gasteiger partial charge in [0.2, 0.25) is 0 Å². The van der Waals surface area contributed by atoms with Gasteiger partial charge in [0.05, 0.1) is 0 Å². The molecule has 0 aromatic heterocycles. The summed E-state index contributed by atoms with van der Waals surface area (Å²) in [4.78, 5) is 0. The summed E-state index contributed by atoms with van der Waals surface area (Å²) in [6, 6.07) is 0. The summed E-state index contributed by atoms with van der Waals surface area (Å²) in [7, 11) is 0. The van der Waals surface area contributed by atoms with Crippen LogP contribution in [-0.4, -0.2) is 66.9 Å². The Hall–Kier alpha value is -1.77. The molecule has 0 saturated carbocycles. The molecule has 4 nitrogen and oxygen atoms in total. The van der Waals surface area contributed by atoms with Crippen LogP contribution in [0.2, 0.25) is 0 Å². The first-order valence-corrected chi connectivity index (χ1v) is 7.98. The Kier molecular flexibility index (Phi) is 9.22. The Bertz CT molecular complexity index is 854.